The van der Waals surface area contributed by atoms with Crippen molar-refractivity contribution in [3.8, 4) is 0 Å². The molecule has 0 aliphatic heterocycles. The number of amides is 1. The summed E-state index contributed by atoms with van der Waals surface area (Å²) in [6.07, 6.45) is 0.414. The molecule has 0 saturated carbocycles. The van der Waals surface area contributed by atoms with Crippen LogP contribution >= 0.6 is 15.9 Å². The maximum atomic E-state index is 12.2. The van der Waals surface area contributed by atoms with Crippen LogP contribution in [0.4, 0.5) is 0 Å². The summed E-state index contributed by atoms with van der Waals surface area (Å²) in [5.41, 5.74) is 0.973. The Labute approximate surface area is 136 Å². The van der Waals surface area contributed by atoms with E-state index >= 15 is 0 Å². The standard InChI is InChI=1S/C16H16BrNO4/c1-3-13-12(16(20)21)8-14(22-13)15(19)18-9(2)10-4-6-11(17)7-5-10/h4-9H,3H2,1-2H3,(H,18,19)(H,20,21). The molecule has 1 aromatic carbocycles. The summed E-state index contributed by atoms with van der Waals surface area (Å²) in [5.74, 6) is -1.22. The Morgan fingerprint density at radius 3 is 2.45 bits per heavy atom. The van der Waals surface area contributed by atoms with Gasteiger partial charge in [0.1, 0.15) is 11.3 Å². The molecule has 0 radical (unpaired) electrons. The molecule has 5 nitrogen and oxygen atoms in total. The highest BCUT2D eigenvalue weighted by Gasteiger charge is 2.21. The summed E-state index contributed by atoms with van der Waals surface area (Å²) in [6, 6.07) is 8.63. The molecule has 6 heteroatoms. The summed E-state index contributed by atoms with van der Waals surface area (Å²) in [6.45, 7) is 3.63. The van der Waals surface area contributed by atoms with Crippen molar-refractivity contribution in [1.82, 2.24) is 5.32 Å². The van der Waals surface area contributed by atoms with E-state index in [1.807, 2.05) is 31.2 Å². The lowest BCUT2D eigenvalue weighted by Gasteiger charge is -2.13. The van der Waals surface area contributed by atoms with E-state index in [-0.39, 0.29) is 17.4 Å². The molecule has 1 amide bonds. The van der Waals surface area contributed by atoms with Crippen LogP contribution in [0, 0.1) is 0 Å². The van der Waals surface area contributed by atoms with E-state index in [0.717, 1.165) is 10.0 Å². The van der Waals surface area contributed by atoms with Crippen molar-refractivity contribution >= 4 is 27.8 Å². The molecule has 2 rings (SSSR count). The maximum Gasteiger partial charge on any atom is 0.339 e. The van der Waals surface area contributed by atoms with Crippen LogP contribution < -0.4 is 5.32 Å². The fourth-order valence-corrected chi connectivity index (χ4v) is 2.35. The largest absolute Gasteiger partial charge is 0.478 e. The van der Waals surface area contributed by atoms with Crippen molar-refractivity contribution in [1.29, 1.82) is 0 Å². The predicted octanol–water partition coefficient (Wildman–Crippen LogP) is 3.79. The van der Waals surface area contributed by atoms with Crippen molar-refractivity contribution in [2.75, 3.05) is 0 Å². The lowest BCUT2D eigenvalue weighted by molar-refractivity contribution is 0.0694. The molecule has 0 saturated heterocycles. The topological polar surface area (TPSA) is 79.5 Å². The lowest BCUT2D eigenvalue weighted by atomic mass is 10.1. The zero-order valence-corrected chi connectivity index (χ0v) is 13.8. The first kappa shape index (κ1) is 16.3. The molecule has 2 aromatic rings. The van der Waals surface area contributed by atoms with E-state index in [9.17, 15) is 9.59 Å². The van der Waals surface area contributed by atoms with Gasteiger partial charge in [0.2, 0.25) is 0 Å². The zero-order valence-electron chi connectivity index (χ0n) is 12.2. The Balaban J connectivity index is 2.15. The van der Waals surface area contributed by atoms with E-state index in [1.165, 1.54) is 6.07 Å². The van der Waals surface area contributed by atoms with Crippen molar-refractivity contribution < 1.29 is 19.1 Å². The second kappa shape index (κ2) is 6.79. The van der Waals surface area contributed by atoms with E-state index in [0.29, 0.717) is 12.2 Å². The lowest BCUT2D eigenvalue weighted by Crippen LogP contribution is -2.26. The molecular weight excluding hydrogens is 350 g/mol. The minimum atomic E-state index is -1.10. The number of aryl methyl sites for hydroxylation is 1. The molecule has 22 heavy (non-hydrogen) atoms. The van der Waals surface area contributed by atoms with Crippen molar-refractivity contribution in [2.24, 2.45) is 0 Å². The monoisotopic (exact) mass is 365 g/mol. The molecule has 1 aromatic heterocycles. The number of carbonyl (C=O) groups is 2. The Morgan fingerprint density at radius 2 is 1.95 bits per heavy atom. The van der Waals surface area contributed by atoms with Crippen LogP contribution in [-0.2, 0) is 6.42 Å². The first-order valence-corrected chi connectivity index (χ1v) is 7.64. The quantitative estimate of drug-likeness (QED) is 0.844. The summed E-state index contributed by atoms with van der Waals surface area (Å²) in [7, 11) is 0. The highest BCUT2D eigenvalue weighted by molar-refractivity contribution is 9.10. The van der Waals surface area contributed by atoms with Gasteiger partial charge in [-0.3, -0.25) is 4.79 Å². The van der Waals surface area contributed by atoms with Crippen LogP contribution in [0.15, 0.2) is 39.2 Å². The minimum absolute atomic E-state index is 0.0122. The van der Waals surface area contributed by atoms with Crippen LogP contribution in [0.5, 0.6) is 0 Å². The van der Waals surface area contributed by atoms with Gasteiger partial charge >= 0.3 is 5.97 Å². The van der Waals surface area contributed by atoms with Gasteiger partial charge in [0.25, 0.3) is 5.91 Å². The highest BCUT2D eigenvalue weighted by Crippen LogP contribution is 2.19. The van der Waals surface area contributed by atoms with Gasteiger partial charge in [-0.2, -0.15) is 0 Å². The average molecular weight is 366 g/mol. The maximum absolute atomic E-state index is 12.2. The zero-order chi connectivity index (χ0) is 16.3. The molecular formula is C16H16BrNO4. The van der Waals surface area contributed by atoms with Crippen LogP contribution in [0.25, 0.3) is 0 Å². The molecule has 1 atom stereocenters. The fraction of sp³-hybridized carbons (Fsp3) is 0.250. The third-order valence-electron chi connectivity index (χ3n) is 3.30. The molecule has 2 N–H and O–H groups in total. The van der Waals surface area contributed by atoms with Crippen LogP contribution in [-0.4, -0.2) is 17.0 Å². The molecule has 0 fully saturated rings. The number of benzene rings is 1. The number of halogens is 1. The summed E-state index contributed by atoms with van der Waals surface area (Å²) >= 11 is 3.36. The number of furan rings is 1. The third kappa shape index (κ3) is 3.57. The fourth-order valence-electron chi connectivity index (χ4n) is 2.09. The van der Waals surface area contributed by atoms with Crippen molar-refractivity contribution in [3.05, 3.63) is 57.5 Å². The first-order valence-electron chi connectivity index (χ1n) is 6.84. The third-order valence-corrected chi connectivity index (χ3v) is 3.83. The Kier molecular flexibility index (Phi) is 5.03. The molecule has 116 valence electrons. The molecule has 1 heterocycles. The van der Waals surface area contributed by atoms with Crippen LogP contribution in [0.3, 0.4) is 0 Å². The smallest absolute Gasteiger partial charge is 0.339 e. The normalized spacial score (nSPS) is 12.0. The number of carboxylic acids is 1. The molecule has 1 unspecified atom stereocenters. The van der Waals surface area contributed by atoms with Gasteiger partial charge in [0, 0.05) is 17.0 Å². The number of rotatable bonds is 5. The second-order valence-electron chi connectivity index (χ2n) is 4.85. The van der Waals surface area contributed by atoms with E-state index in [4.69, 9.17) is 9.52 Å². The van der Waals surface area contributed by atoms with Crippen LogP contribution in [0.1, 0.15) is 52.1 Å². The summed E-state index contributed by atoms with van der Waals surface area (Å²) in [5, 5.41) is 11.9. The van der Waals surface area contributed by atoms with Gasteiger partial charge in [-0.1, -0.05) is 35.0 Å². The van der Waals surface area contributed by atoms with E-state index < -0.39 is 11.9 Å². The number of carboxylic acid groups (broad SMARTS) is 1. The number of hydrogen-bond donors (Lipinski definition) is 2. The minimum Gasteiger partial charge on any atom is -0.478 e. The van der Waals surface area contributed by atoms with Crippen molar-refractivity contribution in [2.45, 2.75) is 26.3 Å². The number of hydrogen-bond acceptors (Lipinski definition) is 3. The number of nitrogens with one attached hydrogen (secondary N) is 1. The summed E-state index contributed by atoms with van der Waals surface area (Å²) < 4.78 is 6.30. The van der Waals surface area contributed by atoms with Gasteiger partial charge in [0.15, 0.2) is 5.76 Å². The Bertz CT molecular complexity index is 691. The average Bonchev–Trinajstić information content (AvgIpc) is 2.92. The molecule has 0 aliphatic rings. The Hall–Kier alpha value is -2.08. The molecule has 0 bridgehead atoms. The first-order chi connectivity index (χ1) is 10.4. The van der Waals surface area contributed by atoms with Gasteiger partial charge in [-0.05, 0) is 24.6 Å². The highest BCUT2D eigenvalue weighted by atomic mass is 79.9. The molecule has 0 aliphatic carbocycles. The number of carbonyl (C=O) groups excluding carboxylic acids is 1. The van der Waals surface area contributed by atoms with Gasteiger partial charge in [-0.15, -0.1) is 0 Å². The second-order valence-corrected chi connectivity index (χ2v) is 5.77. The predicted molar refractivity (Wildman–Crippen MR) is 85.1 cm³/mol. The van der Waals surface area contributed by atoms with E-state index in [1.54, 1.807) is 6.92 Å². The number of aromatic carboxylic acids is 1. The van der Waals surface area contributed by atoms with E-state index in [2.05, 4.69) is 21.2 Å². The molecule has 0 spiro atoms. The van der Waals surface area contributed by atoms with Gasteiger partial charge < -0.3 is 14.8 Å². The van der Waals surface area contributed by atoms with Crippen LogP contribution in [0.2, 0.25) is 0 Å². The van der Waals surface area contributed by atoms with Gasteiger partial charge in [0.05, 0.1) is 6.04 Å². The van der Waals surface area contributed by atoms with Crippen molar-refractivity contribution in [3.63, 3.8) is 0 Å². The Morgan fingerprint density at radius 1 is 1.32 bits per heavy atom. The SMILES string of the molecule is CCc1oc(C(=O)NC(C)c2ccc(Br)cc2)cc1C(=O)O. The van der Waals surface area contributed by atoms with Gasteiger partial charge in [-0.25, -0.2) is 4.79 Å². The summed E-state index contributed by atoms with van der Waals surface area (Å²) in [4.78, 5) is 23.3.